The first kappa shape index (κ1) is 13.9. The lowest BCUT2D eigenvalue weighted by Gasteiger charge is -2.01. The van der Waals surface area contributed by atoms with E-state index in [0.717, 1.165) is 11.3 Å². The molecule has 0 aliphatic rings. The highest BCUT2D eigenvalue weighted by Gasteiger charge is 2.10. The Labute approximate surface area is 127 Å². The molecule has 22 heavy (non-hydrogen) atoms. The third kappa shape index (κ3) is 3.17. The molecule has 2 heterocycles. The van der Waals surface area contributed by atoms with E-state index in [0.29, 0.717) is 11.7 Å². The largest absolute Gasteiger partial charge is 0.439 e. The van der Waals surface area contributed by atoms with Gasteiger partial charge in [-0.15, -0.1) is 0 Å². The van der Waals surface area contributed by atoms with Crippen LogP contribution in [0.5, 0.6) is 0 Å². The maximum atomic E-state index is 11.9. The zero-order valence-electron chi connectivity index (χ0n) is 12.0. The van der Waals surface area contributed by atoms with E-state index >= 15 is 0 Å². The number of carbonyl (C=O) groups is 1. The molecule has 0 aliphatic heterocycles. The summed E-state index contributed by atoms with van der Waals surface area (Å²) in [6.45, 7) is 2.01. The summed E-state index contributed by atoms with van der Waals surface area (Å²) in [6.07, 6.45) is 4.63. The number of nitrogens with zero attached hydrogens (tertiary/aromatic N) is 3. The van der Waals surface area contributed by atoms with Crippen LogP contribution < -0.4 is 5.32 Å². The monoisotopic (exact) mass is 294 g/mol. The van der Waals surface area contributed by atoms with Crippen LogP contribution in [0.4, 0.5) is 0 Å². The lowest BCUT2D eigenvalue weighted by molar-refractivity contribution is 0.0942. The van der Waals surface area contributed by atoms with Crippen molar-refractivity contribution in [3.63, 3.8) is 0 Å². The summed E-state index contributed by atoms with van der Waals surface area (Å²) < 4.78 is 5.61. The maximum Gasteiger partial charge on any atom is 0.271 e. The molecule has 0 aliphatic carbocycles. The minimum atomic E-state index is -0.313. The van der Waals surface area contributed by atoms with Crippen LogP contribution in [-0.4, -0.2) is 20.9 Å². The van der Waals surface area contributed by atoms with Crippen molar-refractivity contribution in [2.75, 3.05) is 0 Å². The molecule has 6 nitrogen and oxygen atoms in total. The van der Waals surface area contributed by atoms with Crippen LogP contribution in [0.1, 0.15) is 22.1 Å². The summed E-state index contributed by atoms with van der Waals surface area (Å²) in [5, 5.41) is 2.70. The fourth-order valence-electron chi connectivity index (χ4n) is 1.88. The fourth-order valence-corrected chi connectivity index (χ4v) is 1.88. The standard InChI is InChI=1S/C16H14N4O2/c1-11-7-18-13(8-17-11)16(21)20-10-15-19-9-14(22-15)12-5-3-2-4-6-12/h2-9H,10H2,1H3,(H,20,21). The molecule has 110 valence electrons. The summed E-state index contributed by atoms with van der Waals surface area (Å²) in [4.78, 5) is 24.1. The zero-order chi connectivity index (χ0) is 15.4. The average molecular weight is 294 g/mol. The molecule has 0 saturated heterocycles. The number of amides is 1. The van der Waals surface area contributed by atoms with Gasteiger partial charge in [0, 0.05) is 11.8 Å². The van der Waals surface area contributed by atoms with Gasteiger partial charge in [0.15, 0.2) is 5.76 Å². The lowest BCUT2D eigenvalue weighted by Crippen LogP contribution is -2.24. The fraction of sp³-hybridized carbons (Fsp3) is 0.125. The Balaban J connectivity index is 1.64. The van der Waals surface area contributed by atoms with E-state index in [2.05, 4.69) is 20.3 Å². The van der Waals surface area contributed by atoms with Crippen molar-refractivity contribution >= 4 is 5.91 Å². The van der Waals surface area contributed by atoms with Crippen LogP contribution >= 0.6 is 0 Å². The van der Waals surface area contributed by atoms with Crippen LogP contribution in [0, 0.1) is 6.92 Å². The van der Waals surface area contributed by atoms with Gasteiger partial charge in [0.1, 0.15) is 5.69 Å². The Hall–Kier alpha value is -3.02. The molecule has 0 saturated carbocycles. The number of aryl methyl sites for hydroxylation is 1. The van der Waals surface area contributed by atoms with Gasteiger partial charge in [0.05, 0.1) is 24.6 Å². The van der Waals surface area contributed by atoms with Crippen molar-refractivity contribution in [2.45, 2.75) is 13.5 Å². The summed E-state index contributed by atoms with van der Waals surface area (Å²) in [6, 6.07) is 9.66. The van der Waals surface area contributed by atoms with Crippen molar-refractivity contribution in [2.24, 2.45) is 0 Å². The molecule has 3 rings (SSSR count). The van der Waals surface area contributed by atoms with Gasteiger partial charge in [-0.05, 0) is 6.92 Å². The van der Waals surface area contributed by atoms with Crippen molar-refractivity contribution in [3.8, 4) is 11.3 Å². The molecule has 0 unspecified atom stereocenters. The Morgan fingerprint density at radius 2 is 1.91 bits per heavy atom. The molecule has 0 bridgehead atoms. The molecular weight excluding hydrogens is 280 g/mol. The molecule has 0 spiro atoms. The first-order chi connectivity index (χ1) is 10.7. The minimum absolute atomic E-state index is 0.196. The van der Waals surface area contributed by atoms with Gasteiger partial charge >= 0.3 is 0 Å². The van der Waals surface area contributed by atoms with E-state index in [1.54, 1.807) is 12.4 Å². The van der Waals surface area contributed by atoms with Crippen LogP contribution in [0.3, 0.4) is 0 Å². The minimum Gasteiger partial charge on any atom is -0.439 e. The van der Waals surface area contributed by atoms with Crippen molar-refractivity contribution < 1.29 is 9.21 Å². The molecule has 6 heteroatoms. The number of hydrogen-bond acceptors (Lipinski definition) is 5. The van der Waals surface area contributed by atoms with Gasteiger partial charge in [-0.1, -0.05) is 30.3 Å². The predicted molar refractivity (Wildman–Crippen MR) is 79.9 cm³/mol. The maximum absolute atomic E-state index is 11.9. The van der Waals surface area contributed by atoms with Gasteiger partial charge in [0.2, 0.25) is 5.89 Å². The Kier molecular flexibility index (Phi) is 3.91. The highest BCUT2D eigenvalue weighted by Crippen LogP contribution is 2.19. The van der Waals surface area contributed by atoms with Crippen molar-refractivity contribution in [3.05, 3.63) is 66.2 Å². The molecule has 1 aromatic carbocycles. The topological polar surface area (TPSA) is 80.9 Å². The molecular formula is C16H14N4O2. The smallest absolute Gasteiger partial charge is 0.271 e. The van der Waals surface area contributed by atoms with Gasteiger partial charge in [-0.25, -0.2) is 9.97 Å². The quantitative estimate of drug-likeness (QED) is 0.799. The van der Waals surface area contributed by atoms with E-state index in [1.165, 1.54) is 6.20 Å². The van der Waals surface area contributed by atoms with E-state index in [-0.39, 0.29) is 18.1 Å². The van der Waals surface area contributed by atoms with E-state index in [9.17, 15) is 4.79 Å². The van der Waals surface area contributed by atoms with Crippen LogP contribution in [0.15, 0.2) is 53.3 Å². The summed E-state index contributed by atoms with van der Waals surface area (Å²) in [7, 11) is 0. The summed E-state index contributed by atoms with van der Waals surface area (Å²) in [5.41, 5.74) is 1.97. The number of hydrogen-bond donors (Lipinski definition) is 1. The molecule has 0 fully saturated rings. The number of carbonyl (C=O) groups excluding carboxylic acids is 1. The second kappa shape index (κ2) is 6.17. The number of nitrogens with one attached hydrogen (secondary N) is 1. The van der Waals surface area contributed by atoms with Gasteiger partial charge < -0.3 is 9.73 Å². The van der Waals surface area contributed by atoms with Crippen LogP contribution in [0.2, 0.25) is 0 Å². The zero-order valence-corrected chi connectivity index (χ0v) is 12.0. The van der Waals surface area contributed by atoms with E-state index < -0.39 is 0 Å². The summed E-state index contributed by atoms with van der Waals surface area (Å²) >= 11 is 0. The third-order valence-corrected chi connectivity index (χ3v) is 3.03. The SMILES string of the molecule is Cc1cnc(C(=O)NCc2ncc(-c3ccccc3)o2)cn1. The number of benzene rings is 1. The first-order valence-corrected chi connectivity index (χ1v) is 6.79. The third-order valence-electron chi connectivity index (χ3n) is 3.03. The molecule has 1 N–H and O–H groups in total. The average Bonchev–Trinajstić information content (AvgIpc) is 3.03. The molecule has 3 aromatic rings. The van der Waals surface area contributed by atoms with Crippen LogP contribution in [0.25, 0.3) is 11.3 Å². The normalized spacial score (nSPS) is 10.4. The van der Waals surface area contributed by atoms with Gasteiger partial charge in [-0.3, -0.25) is 9.78 Å². The number of aromatic nitrogens is 3. The van der Waals surface area contributed by atoms with Crippen molar-refractivity contribution in [1.82, 2.24) is 20.3 Å². The first-order valence-electron chi connectivity index (χ1n) is 6.79. The highest BCUT2D eigenvalue weighted by atomic mass is 16.4. The lowest BCUT2D eigenvalue weighted by atomic mass is 10.2. The Bertz CT molecular complexity index is 766. The molecule has 0 radical (unpaired) electrons. The van der Waals surface area contributed by atoms with Crippen molar-refractivity contribution in [1.29, 1.82) is 0 Å². The Morgan fingerprint density at radius 3 is 2.64 bits per heavy atom. The van der Waals surface area contributed by atoms with E-state index in [1.807, 2.05) is 37.3 Å². The van der Waals surface area contributed by atoms with E-state index in [4.69, 9.17) is 4.42 Å². The second-order valence-electron chi connectivity index (χ2n) is 4.71. The Morgan fingerprint density at radius 1 is 1.09 bits per heavy atom. The van der Waals surface area contributed by atoms with Gasteiger partial charge in [-0.2, -0.15) is 0 Å². The van der Waals surface area contributed by atoms with Gasteiger partial charge in [0.25, 0.3) is 5.91 Å². The number of rotatable bonds is 4. The van der Waals surface area contributed by atoms with Crippen LogP contribution in [-0.2, 0) is 6.54 Å². The highest BCUT2D eigenvalue weighted by molar-refractivity contribution is 5.91. The second-order valence-corrected chi connectivity index (χ2v) is 4.71. The summed E-state index contributed by atoms with van der Waals surface area (Å²) in [5.74, 6) is 0.791. The predicted octanol–water partition coefficient (Wildman–Crippen LogP) is 2.37. The molecule has 0 atom stereocenters. The molecule has 1 amide bonds. The molecule has 2 aromatic heterocycles. The number of oxazole rings is 1.